The maximum atomic E-state index is 11.8. The van der Waals surface area contributed by atoms with Crippen molar-refractivity contribution in [1.29, 1.82) is 0 Å². The zero-order valence-corrected chi connectivity index (χ0v) is 10.7. The van der Waals surface area contributed by atoms with Crippen LogP contribution in [0.1, 0.15) is 26.2 Å². The lowest BCUT2D eigenvalue weighted by Gasteiger charge is -2.26. The molecule has 94 valence electrons. The average molecular weight is 248 g/mol. The van der Waals surface area contributed by atoms with Gasteiger partial charge in [0.2, 0.25) is 5.91 Å². The number of rotatable bonds is 4. The lowest BCUT2D eigenvalue weighted by molar-refractivity contribution is -0.133. The molecule has 0 aromatic carbocycles. The predicted octanol–water partition coefficient (Wildman–Crippen LogP) is -0.241. The van der Waals surface area contributed by atoms with Crippen LogP contribution in [0, 0.1) is 0 Å². The summed E-state index contributed by atoms with van der Waals surface area (Å²) < 4.78 is 22.6. The molecule has 1 rings (SSSR count). The molecule has 2 atom stereocenters. The third-order valence-electron chi connectivity index (χ3n) is 3.02. The quantitative estimate of drug-likeness (QED) is 0.744. The van der Waals surface area contributed by atoms with E-state index >= 15 is 0 Å². The number of nitrogens with two attached hydrogens (primary N) is 1. The average Bonchev–Trinajstić information content (AvgIpc) is 2.57. The second kappa shape index (κ2) is 5.14. The van der Waals surface area contributed by atoms with Crippen molar-refractivity contribution in [2.24, 2.45) is 5.73 Å². The highest BCUT2D eigenvalue weighted by Crippen LogP contribution is 2.17. The number of carbonyl (C=O) groups excluding carboxylic acids is 1. The Morgan fingerprint density at radius 1 is 1.56 bits per heavy atom. The summed E-state index contributed by atoms with van der Waals surface area (Å²) in [4.78, 5) is 13.3. The summed E-state index contributed by atoms with van der Waals surface area (Å²) in [5.74, 6) is 0.107. The monoisotopic (exact) mass is 248 g/mol. The molecule has 0 aromatic rings. The second-order valence-electron chi connectivity index (χ2n) is 4.40. The van der Waals surface area contributed by atoms with Gasteiger partial charge in [-0.25, -0.2) is 8.42 Å². The fourth-order valence-electron chi connectivity index (χ4n) is 1.96. The van der Waals surface area contributed by atoms with Crippen LogP contribution in [0.15, 0.2) is 0 Å². The van der Waals surface area contributed by atoms with Crippen molar-refractivity contribution < 1.29 is 13.2 Å². The molecule has 0 spiro atoms. The van der Waals surface area contributed by atoms with E-state index in [2.05, 4.69) is 0 Å². The first-order valence-electron chi connectivity index (χ1n) is 5.60. The molecule has 1 aliphatic heterocycles. The van der Waals surface area contributed by atoms with Crippen molar-refractivity contribution in [3.8, 4) is 0 Å². The number of hydrogen-bond acceptors (Lipinski definition) is 4. The van der Waals surface area contributed by atoms with Crippen LogP contribution in [0.2, 0.25) is 0 Å². The zero-order chi connectivity index (χ0) is 12.3. The fourth-order valence-corrected chi connectivity index (χ4v) is 3.73. The molecule has 0 bridgehead atoms. The first-order chi connectivity index (χ1) is 7.37. The molecule has 0 aliphatic carbocycles. The number of hydrogen-bond donors (Lipinski definition) is 1. The van der Waals surface area contributed by atoms with Crippen molar-refractivity contribution in [1.82, 2.24) is 4.90 Å². The van der Waals surface area contributed by atoms with Crippen LogP contribution in [0.3, 0.4) is 0 Å². The summed E-state index contributed by atoms with van der Waals surface area (Å²) >= 11 is 0. The largest absolute Gasteiger partial charge is 0.340 e. The highest BCUT2D eigenvalue weighted by molar-refractivity contribution is 7.91. The van der Waals surface area contributed by atoms with E-state index in [1.54, 1.807) is 7.05 Å². The van der Waals surface area contributed by atoms with E-state index in [-0.39, 0.29) is 23.5 Å². The van der Waals surface area contributed by atoms with Crippen molar-refractivity contribution in [2.75, 3.05) is 18.6 Å². The number of nitrogens with zero attached hydrogens (tertiary/aromatic N) is 1. The minimum atomic E-state index is -2.95. The van der Waals surface area contributed by atoms with E-state index < -0.39 is 15.9 Å². The molecule has 5 nitrogen and oxygen atoms in total. The summed E-state index contributed by atoms with van der Waals surface area (Å²) in [5.41, 5.74) is 5.72. The lowest BCUT2D eigenvalue weighted by Crippen LogP contribution is -2.46. The topological polar surface area (TPSA) is 80.5 Å². The highest BCUT2D eigenvalue weighted by atomic mass is 32.2. The van der Waals surface area contributed by atoms with Crippen LogP contribution >= 0.6 is 0 Å². The van der Waals surface area contributed by atoms with Crippen LogP contribution in [0.4, 0.5) is 0 Å². The minimum absolute atomic E-state index is 0.0775. The number of likely N-dealkylation sites (N-methyl/N-ethyl adjacent to an activating group) is 1. The van der Waals surface area contributed by atoms with E-state index in [9.17, 15) is 13.2 Å². The van der Waals surface area contributed by atoms with E-state index in [0.717, 1.165) is 6.42 Å². The Labute approximate surface area is 96.9 Å². The lowest BCUT2D eigenvalue weighted by atomic mass is 10.1. The Morgan fingerprint density at radius 2 is 2.19 bits per heavy atom. The van der Waals surface area contributed by atoms with Crippen LogP contribution in [0.5, 0.6) is 0 Å². The molecule has 0 radical (unpaired) electrons. The van der Waals surface area contributed by atoms with Crippen molar-refractivity contribution in [3.63, 3.8) is 0 Å². The van der Waals surface area contributed by atoms with Gasteiger partial charge in [0.25, 0.3) is 0 Å². The first kappa shape index (κ1) is 13.4. The Hall–Kier alpha value is -0.620. The van der Waals surface area contributed by atoms with Gasteiger partial charge in [-0.1, -0.05) is 13.3 Å². The van der Waals surface area contributed by atoms with Gasteiger partial charge < -0.3 is 10.6 Å². The van der Waals surface area contributed by atoms with Crippen molar-refractivity contribution in [3.05, 3.63) is 0 Å². The summed E-state index contributed by atoms with van der Waals surface area (Å²) in [6.45, 7) is 1.97. The Balaban J connectivity index is 2.58. The van der Waals surface area contributed by atoms with Gasteiger partial charge >= 0.3 is 0 Å². The van der Waals surface area contributed by atoms with Crippen molar-refractivity contribution in [2.45, 2.75) is 38.3 Å². The molecule has 6 heteroatoms. The molecule has 1 amide bonds. The molecule has 1 unspecified atom stereocenters. The molecule has 1 saturated heterocycles. The van der Waals surface area contributed by atoms with E-state index in [4.69, 9.17) is 5.73 Å². The van der Waals surface area contributed by atoms with Gasteiger partial charge in [0.15, 0.2) is 9.84 Å². The Morgan fingerprint density at radius 3 is 2.62 bits per heavy atom. The van der Waals surface area contributed by atoms with Gasteiger partial charge in [-0.2, -0.15) is 0 Å². The van der Waals surface area contributed by atoms with Gasteiger partial charge in [-0.15, -0.1) is 0 Å². The molecule has 1 heterocycles. The molecule has 16 heavy (non-hydrogen) atoms. The normalized spacial score (nSPS) is 25.3. The van der Waals surface area contributed by atoms with Gasteiger partial charge in [0.05, 0.1) is 17.5 Å². The SMILES string of the molecule is CCC[C@@H](N)C(=O)N(C)C1CCS(=O)(=O)C1. The smallest absolute Gasteiger partial charge is 0.239 e. The molecule has 1 aliphatic rings. The van der Waals surface area contributed by atoms with E-state index in [1.165, 1.54) is 4.90 Å². The number of sulfone groups is 1. The van der Waals surface area contributed by atoms with Gasteiger partial charge in [0.1, 0.15) is 0 Å². The minimum Gasteiger partial charge on any atom is -0.340 e. The Kier molecular flexibility index (Phi) is 4.32. The van der Waals surface area contributed by atoms with Gasteiger partial charge in [-0.05, 0) is 12.8 Å². The molecule has 1 fully saturated rings. The van der Waals surface area contributed by atoms with E-state index in [1.807, 2.05) is 6.92 Å². The third kappa shape index (κ3) is 3.18. The van der Waals surface area contributed by atoms with Crippen molar-refractivity contribution >= 4 is 15.7 Å². The van der Waals surface area contributed by atoms with Crippen LogP contribution in [-0.4, -0.2) is 49.9 Å². The zero-order valence-electron chi connectivity index (χ0n) is 9.85. The van der Waals surface area contributed by atoms with Gasteiger partial charge in [-0.3, -0.25) is 4.79 Å². The molecule has 0 aromatic heterocycles. The summed E-state index contributed by atoms with van der Waals surface area (Å²) in [6, 6.07) is -0.696. The van der Waals surface area contributed by atoms with Crippen LogP contribution in [0.25, 0.3) is 0 Å². The molecular formula is C10H20N2O3S. The fraction of sp³-hybridized carbons (Fsp3) is 0.900. The molecule has 0 saturated carbocycles. The summed E-state index contributed by atoms with van der Waals surface area (Å²) in [7, 11) is -1.30. The summed E-state index contributed by atoms with van der Waals surface area (Å²) in [5, 5.41) is 0. The first-order valence-corrected chi connectivity index (χ1v) is 7.42. The maximum Gasteiger partial charge on any atom is 0.239 e. The van der Waals surface area contributed by atoms with Crippen LogP contribution < -0.4 is 5.73 Å². The second-order valence-corrected chi connectivity index (χ2v) is 6.63. The highest BCUT2D eigenvalue weighted by Gasteiger charge is 2.33. The maximum absolute atomic E-state index is 11.8. The predicted molar refractivity (Wildman–Crippen MR) is 62.7 cm³/mol. The standard InChI is InChI=1S/C10H20N2O3S/c1-3-4-9(11)10(13)12(2)8-5-6-16(14,15)7-8/h8-9H,3-7,11H2,1-2H3/t8?,9-/m1/s1. The number of carbonyl (C=O) groups is 1. The van der Waals surface area contributed by atoms with Gasteiger partial charge in [0, 0.05) is 13.1 Å². The third-order valence-corrected chi connectivity index (χ3v) is 4.77. The Bertz CT molecular complexity index is 353. The molecule has 2 N–H and O–H groups in total. The molecular weight excluding hydrogens is 228 g/mol. The van der Waals surface area contributed by atoms with Crippen LogP contribution in [-0.2, 0) is 14.6 Å². The summed E-state index contributed by atoms with van der Waals surface area (Å²) in [6.07, 6.45) is 2.02. The number of amides is 1. The van der Waals surface area contributed by atoms with E-state index in [0.29, 0.717) is 12.8 Å².